The summed E-state index contributed by atoms with van der Waals surface area (Å²) in [4.78, 5) is 26.0. The van der Waals surface area contributed by atoms with Gasteiger partial charge in [0.05, 0.1) is 6.54 Å². The van der Waals surface area contributed by atoms with E-state index >= 15 is 0 Å². The minimum Gasteiger partial charge on any atom is -0.454 e. The lowest BCUT2D eigenvalue weighted by Crippen LogP contribution is -2.30. The molecule has 2 heterocycles. The minimum absolute atomic E-state index is 0.180. The second-order valence-corrected chi connectivity index (χ2v) is 6.50. The highest BCUT2D eigenvalue weighted by molar-refractivity contribution is 6.30. The number of benzene rings is 2. The zero-order valence-corrected chi connectivity index (χ0v) is 14.7. The van der Waals surface area contributed by atoms with E-state index < -0.39 is 6.03 Å². The number of nitrogens with one attached hydrogen (secondary N) is 1. The summed E-state index contributed by atoms with van der Waals surface area (Å²) in [5.41, 5.74) is 2.75. The Morgan fingerprint density at radius 2 is 1.85 bits per heavy atom. The van der Waals surface area contributed by atoms with Gasteiger partial charge in [0.2, 0.25) is 6.79 Å². The number of nitrogens with zero attached hydrogens (tertiary/aromatic N) is 1. The maximum atomic E-state index is 12.6. The standard InChI is InChI=1S/C19H15ClN2O4/c1-11-6-16-17(26-10-25-16)8-13(11)7-15-18(23)22(19(24)21-15)9-12-2-4-14(20)5-3-12/h2-8H,9-10H2,1H3,(H,21,24)/b15-7-. The van der Waals surface area contributed by atoms with Crippen LogP contribution < -0.4 is 14.8 Å². The maximum Gasteiger partial charge on any atom is 0.329 e. The second kappa shape index (κ2) is 6.38. The van der Waals surface area contributed by atoms with Crippen LogP contribution in [-0.4, -0.2) is 23.6 Å². The van der Waals surface area contributed by atoms with Crippen molar-refractivity contribution in [3.63, 3.8) is 0 Å². The van der Waals surface area contributed by atoms with E-state index in [1.165, 1.54) is 0 Å². The number of rotatable bonds is 3. The highest BCUT2D eigenvalue weighted by atomic mass is 35.5. The van der Waals surface area contributed by atoms with Crippen LogP contribution in [0.15, 0.2) is 42.1 Å². The Labute approximate surface area is 155 Å². The van der Waals surface area contributed by atoms with Crippen LogP contribution in [0.1, 0.15) is 16.7 Å². The van der Waals surface area contributed by atoms with Crippen molar-refractivity contribution < 1.29 is 19.1 Å². The summed E-state index contributed by atoms with van der Waals surface area (Å²) in [5.74, 6) is 0.926. The van der Waals surface area contributed by atoms with Crippen molar-refractivity contribution >= 4 is 29.6 Å². The number of hydrogen-bond acceptors (Lipinski definition) is 4. The van der Waals surface area contributed by atoms with Crippen LogP contribution in [0.25, 0.3) is 6.08 Å². The lowest BCUT2D eigenvalue weighted by atomic mass is 10.1. The monoisotopic (exact) mass is 370 g/mol. The fraction of sp³-hybridized carbons (Fsp3) is 0.158. The molecule has 2 aliphatic rings. The van der Waals surface area contributed by atoms with Crippen molar-refractivity contribution in [2.45, 2.75) is 13.5 Å². The molecule has 0 bridgehead atoms. The van der Waals surface area contributed by atoms with Crippen molar-refractivity contribution in [1.82, 2.24) is 10.2 Å². The zero-order valence-electron chi connectivity index (χ0n) is 13.9. The third-order valence-electron chi connectivity index (χ3n) is 4.28. The first-order valence-electron chi connectivity index (χ1n) is 8.00. The SMILES string of the molecule is Cc1cc2c(cc1/C=C1\NC(=O)N(Cc3ccc(Cl)cc3)C1=O)OCO2. The van der Waals surface area contributed by atoms with Gasteiger partial charge >= 0.3 is 6.03 Å². The molecular formula is C19H15ClN2O4. The normalized spacial score (nSPS) is 17.2. The van der Waals surface area contributed by atoms with Gasteiger partial charge in [0.15, 0.2) is 11.5 Å². The summed E-state index contributed by atoms with van der Waals surface area (Å²) >= 11 is 5.87. The summed E-state index contributed by atoms with van der Waals surface area (Å²) < 4.78 is 10.7. The number of fused-ring (bicyclic) bond motifs is 1. The number of hydrogen-bond donors (Lipinski definition) is 1. The predicted molar refractivity (Wildman–Crippen MR) is 95.8 cm³/mol. The van der Waals surface area contributed by atoms with Gasteiger partial charge in [-0.05, 0) is 54.0 Å². The van der Waals surface area contributed by atoms with Crippen molar-refractivity contribution in [3.05, 3.63) is 63.8 Å². The molecule has 0 atom stereocenters. The molecular weight excluding hydrogens is 356 g/mol. The average Bonchev–Trinajstić information content (AvgIpc) is 3.16. The Kier molecular flexibility index (Phi) is 4.05. The number of halogens is 1. The molecule has 0 spiro atoms. The lowest BCUT2D eigenvalue weighted by molar-refractivity contribution is -0.123. The highest BCUT2D eigenvalue weighted by Gasteiger charge is 2.33. The molecule has 2 aromatic rings. The first kappa shape index (κ1) is 16.5. The molecule has 3 amide bonds. The minimum atomic E-state index is -0.449. The zero-order chi connectivity index (χ0) is 18.3. The van der Waals surface area contributed by atoms with Crippen LogP contribution in [0.3, 0.4) is 0 Å². The molecule has 0 aromatic heterocycles. The van der Waals surface area contributed by atoms with Crippen molar-refractivity contribution in [2.75, 3.05) is 6.79 Å². The topological polar surface area (TPSA) is 67.9 Å². The van der Waals surface area contributed by atoms with Gasteiger partial charge in [-0.15, -0.1) is 0 Å². The van der Waals surface area contributed by atoms with Gasteiger partial charge < -0.3 is 14.8 Å². The van der Waals surface area contributed by atoms with E-state index in [0.29, 0.717) is 16.5 Å². The molecule has 0 aliphatic carbocycles. The second-order valence-electron chi connectivity index (χ2n) is 6.07. The molecule has 7 heteroatoms. The molecule has 2 aliphatic heterocycles. The fourth-order valence-corrected chi connectivity index (χ4v) is 2.98. The molecule has 0 unspecified atom stereocenters. The van der Waals surface area contributed by atoms with E-state index in [0.717, 1.165) is 21.6 Å². The number of ether oxygens (including phenoxy) is 2. The first-order valence-corrected chi connectivity index (χ1v) is 8.38. The molecule has 4 rings (SSSR count). The maximum absolute atomic E-state index is 12.6. The van der Waals surface area contributed by atoms with E-state index in [1.54, 1.807) is 36.4 Å². The number of carbonyl (C=O) groups is 2. The molecule has 1 fully saturated rings. The Balaban J connectivity index is 1.59. The summed E-state index contributed by atoms with van der Waals surface area (Å²) in [6.07, 6.45) is 1.65. The summed E-state index contributed by atoms with van der Waals surface area (Å²) in [6, 6.07) is 10.2. The lowest BCUT2D eigenvalue weighted by Gasteiger charge is -2.11. The quantitative estimate of drug-likeness (QED) is 0.663. The van der Waals surface area contributed by atoms with Crippen LogP contribution in [0.2, 0.25) is 5.02 Å². The van der Waals surface area contributed by atoms with E-state index in [1.807, 2.05) is 13.0 Å². The molecule has 0 radical (unpaired) electrons. The third-order valence-corrected chi connectivity index (χ3v) is 4.53. The average molecular weight is 371 g/mol. The number of imide groups is 1. The van der Waals surface area contributed by atoms with Gasteiger partial charge in [-0.25, -0.2) is 4.79 Å². The number of amides is 3. The van der Waals surface area contributed by atoms with Crippen molar-refractivity contribution in [3.8, 4) is 11.5 Å². The van der Waals surface area contributed by atoms with E-state index in [4.69, 9.17) is 21.1 Å². The summed E-state index contributed by atoms with van der Waals surface area (Å²) in [5, 5.41) is 3.23. The molecule has 1 saturated heterocycles. The molecule has 6 nitrogen and oxygen atoms in total. The number of aryl methyl sites for hydroxylation is 1. The third kappa shape index (κ3) is 2.99. The van der Waals surface area contributed by atoms with Gasteiger partial charge in [0.1, 0.15) is 5.70 Å². The number of urea groups is 1. The fourth-order valence-electron chi connectivity index (χ4n) is 2.86. The van der Waals surface area contributed by atoms with E-state index in [-0.39, 0.29) is 24.9 Å². The van der Waals surface area contributed by atoms with Crippen LogP contribution >= 0.6 is 11.6 Å². The van der Waals surface area contributed by atoms with Gasteiger partial charge in [-0.1, -0.05) is 23.7 Å². The Hall–Kier alpha value is -2.99. The molecule has 132 valence electrons. The molecule has 2 aromatic carbocycles. The summed E-state index contributed by atoms with van der Waals surface area (Å²) in [7, 11) is 0. The van der Waals surface area contributed by atoms with Crippen LogP contribution in [0, 0.1) is 6.92 Å². The van der Waals surface area contributed by atoms with Gasteiger partial charge in [-0.3, -0.25) is 9.69 Å². The molecule has 26 heavy (non-hydrogen) atoms. The van der Waals surface area contributed by atoms with Gasteiger partial charge in [-0.2, -0.15) is 0 Å². The van der Waals surface area contributed by atoms with Crippen LogP contribution in [-0.2, 0) is 11.3 Å². The molecule has 0 saturated carbocycles. The summed E-state index contributed by atoms with van der Waals surface area (Å²) in [6.45, 7) is 2.26. The largest absolute Gasteiger partial charge is 0.454 e. The van der Waals surface area contributed by atoms with E-state index in [2.05, 4.69) is 5.32 Å². The van der Waals surface area contributed by atoms with E-state index in [9.17, 15) is 9.59 Å². The van der Waals surface area contributed by atoms with Crippen LogP contribution in [0.5, 0.6) is 11.5 Å². The smallest absolute Gasteiger partial charge is 0.329 e. The Bertz CT molecular complexity index is 937. The predicted octanol–water partition coefficient (Wildman–Crippen LogP) is 3.47. The van der Waals surface area contributed by atoms with Gasteiger partial charge in [0.25, 0.3) is 5.91 Å². The van der Waals surface area contributed by atoms with Gasteiger partial charge in [0, 0.05) is 5.02 Å². The first-order chi connectivity index (χ1) is 12.5. The van der Waals surface area contributed by atoms with Crippen molar-refractivity contribution in [2.24, 2.45) is 0 Å². The molecule has 1 N–H and O–H groups in total. The van der Waals surface area contributed by atoms with Crippen LogP contribution in [0.4, 0.5) is 4.79 Å². The number of carbonyl (C=O) groups excluding carboxylic acids is 2. The highest BCUT2D eigenvalue weighted by Crippen LogP contribution is 2.35. The Morgan fingerprint density at radius 3 is 2.58 bits per heavy atom. The van der Waals surface area contributed by atoms with Crippen molar-refractivity contribution in [1.29, 1.82) is 0 Å². The Morgan fingerprint density at radius 1 is 1.15 bits per heavy atom.